The molecule has 0 aliphatic heterocycles. The summed E-state index contributed by atoms with van der Waals surface area (Å²) in [5, 5.41) is 9.23. The maximum Gasteiger partial charge on any atom is 0.290 e. The van der Waals surface area contributed by atoms with Crippen LogP contribution in [0.4, 0.5) is 0 Å². The van der Waals surface area contributed by atoms with Crippen LogP contribution < -0.4 is 16.4 Å². The van der Waals surface area contributed by atoms with Gasteiger partial charge in [-0.15, -0.1) is 0 Å². The van der Waals surface area contributed by atoms with E-state index in [4.69, 9.17) is 0 Å². The Hall–Kier alpha value is -4.08. The van der Waals surface area contributed by atoms with Gasteiger partial charge in [-0.05, 0) is 32.9 Å². The second-order valence-electron chi connectivity index (χ2n) is 6.99. The molecule has 30 heavy (non-hydrogen) atoms. The zero-order valence-corrected chi connectivity index (χ0v) is 16.6. The van der Waals surface area contributed by atoms with Crippen molar-refractivity contribution in [2.45, 2.75) is 26.8 Å². The number of benzene rings is 1. The Morgan fingerprint density at radius 2 is 1.70 bits per heavy atom. The molecule has 0 saturated heterocycles. The molecule has 10 nitrogen and oxygen atoms in total. The average molecular weight is 405 g/mol. The molecule has 0 saturated carbocycles. The molecular weight excluding hydrogens is 386 g/mol. The predicted octanol–water partition coefficient (Wildman–Crippen LogP) is 1.40. The number of carbonyl (C=O) groups excluding carboxylic acids is 2. The number of rotatable bonds is 3. The maximum absolute atomic E-state index is 12.8. The lowest BCUT2D eigenvalue weighted by Gasteiger charge is -2.13. The van der Waals surface area contributed by atoms with Crippen LogP contribution in [0.1, 0.15) is 46.4 Å². The summed E-state index contributed by atoms with van der Waals surface area (Å²) in [6.45, 7) is 5.28. The molecule has 10 heteroatoms. The molecule has 0 bridgehead atoms. The van der Waals surface area contributed by atoms with E-state index in [2.05, 4.69) is 26.0 Å². The van der Waals surface area contributed by atoms with Crippen LogP contribution in [0.25, 0.3) is 16.4 Å². The molecule has 1 aromatic carbocycles. The minimum Gasteiger partial charge on any atom is -0.267 e. The van der Waals surface area contributed by atoms with E-state index in [1.165, 1.54) is 9.20 Å². The first kappa shape index (κ1) is 19.2. The van der Waals surface area contributed by atoms with E-state index >= 15 is 0 Å². The second kappa shape index (κ2) is 7.39. The molecule has 0 aliphatic carbocycles. The first-order chi connectivity index (χ1) is 14.4. The van der Waals surface area contributed by atoms with Crippen LogP contribution in [0.15, 0.2) is 47.5 Å². The number of nitrogens with zero attached hydrogens (tertiary/aromatic N) is 5. The minimum absolute atomic E-state index is 0.0360. The molecule has 4 aromatic rings. The molecule has 2 N–H and O–H groups in total. The number of nitrogens with one attached hydrogen (secondary N) is 2. The number of amides is 2. The predicted molar refractivity (Wildman–Crippen MR) is 109 cm³/mol. The lowest BCUT2D eigenvalue weighted by Crippen LogP contribution is -2.43. The van der Waals surface area contributed by atoms with E-state index in [1.54, 1.807) is 63.5 Å². The summed E-state index contributed by atoms with van der Waals surface area (Å²) in [6.07, 6.45) is 3.23. The van der Waals surface area contributed by atoms with Crippen molar-refractivity contribution in [3.05, 3.63) is 70.0 Å². The highest BCUT2D eigenvalue weighted by molar-refractivity contribution is 6.07. The van der Waals surface area contributed by atoms with Crippen molar-refractivity contribution in [2.24, 2.45) is 0 Å². The number of fused-ring (bicyclic) bond motifs is 2. The van der Waals surface area contributed by atoms with Crippen LogP contribution in [-0.4, -0.2) is 36.2 Å². The summed E-state index contributed by atoms with van der Waals surface area (Å²) in [4.78, 5) is 42.3. The molecule has 2 amide bonds. The van der Waals surface area contributed by atoms with Gasteiger partial charge in [0.25, 0.3) is 17.4 Å². The first-order valence-corrected chi connectivity index (χ1v) is 9.30. The lowest BCUT2D eigenvalue weighted by molar-refractivity contribution is 0.0844. The highest BCUT2D eigenvalue weighted by Crippen LogP contribution is 2.15. The monoisotopic (exact) mass is 405 g/mol. The number of hydrogen-bond donors (Lipinski definition) is 2. The Labute approximate surface area is 170 Å². The van der Waals surface area contributed by atoms with Crippen molar-refractivity contribution >= 4 is 28.2 Å². The number of aromatic nitrogens is 5. The van der Waals surface area contributed by atoms with Gasteiger partial charge in [-0.1, -0.05) is 18.2 Å². The normalized spacial score (nSPS) is 11.2. The molecule has 152 valence electrons. The van der Waals surface area contributed by atoms with Gasteiger partial charge in [0.1, 0.15) is 5.56 Å². The van der Waals surface area contributed by atoms with E-state index in [0.29, 0.717) is 22.1 Å². The molecule has 0 atom stereocenters. The van der Waals surface area contributed by atoms with Crippen LogP contribution in [0.5, 0.6) is 0 Å². The Kier molecular flexibility index (Phi) is 4.74. The number of hydrazine groups is 1. The molecule has 0 fully saturated rings. The fourth-order valence-corrected chi connectivity index (χ4v) is 3.22. The summed E-state index contributed by atoms with van der Waals surface area (Å²) >= 11 is 0. The van der Waals surface area contributed by atoms with E-state index < -0.39 is 11.8 Å². The van der Waals surface area contributed by atoms with Crippen LogP contribution in [0, 0.1) is 6.92 Å². The zero-order valence-electron chi connectivity index (χ0n) is 16.6. The Bertz CT molecular complexity index is 1350. The largest absolute Gasteiger partial charge is 0.290 e. The highest BCUT2D eigenvalue weighted by atomic mass is 16.2. The molecule has 0 aliphatic rings. The fourth-order valence-electron chi connectivity index (χ4n) is 3.22. The summed E-state index contributed by atoms with van der Waals surface area (Å²) in [5.74, 6) is -1.20. The second-order valence-corrected chi connectivity index (χ2v) is 6.99. The third kappa shape index (κ3) is 3.17. The van der Waals surface area contributed by atoms with Gasteiger partial charge in [-0.3, -0.25) is 25.2 Å². The third-order valence-electron chi connectivity index (χ3n) is 4.62. The van der Waals surface area contributed by atoms with Gasteiger partial charge in [0.2, 0.25) is 0 Å². The average Bonchev–Trinajstić information content (AvgIpc) is 3.07. The van der Waals surface area contributed by atoms with E-state index in [-0.39, 0.29) is 22.9 Å². The van der Waals surface area contributed by atoms with E-state index in [1.807, 2.05) is 0 Å². The van der Waals surface area contributed by atoms with Gasteiger partial charge < -0.3 is 0 Å². The molecule has 4 rings (SSSR count). The van der Waals surface area contributed by atoms with E-state index in [9.17, 15) is 14.4 Å². The van der Waals surface area contributed by atoms with Gasteiger partial charge in [0, 0.05) is 17.8 Å². The number of aryl methyl sites for hydroxylation is 1. The van der Waals surface area contributed by atoms with Gasteiger partial charge in [-0.2, -0.15) is 10.2 Å². The molecule has 0 unspecified atom stereocenters. The molecule has 0 radical (unpaired) electrons. The van der Waals surface area contributed by atoms with Crippen LogP contribution in [0.2, 0.25) is 0 Å². The quantitative estimate of drug-likeness (QED) is 0.497. The Morgan fingerprint density at radius 1 is 1.00 bits per heavy atom. The molecule has 3 heterocycles. The first-order valence-electron chi connectivity index (χ1n) is 9.30. The fraction of sp³-hybridized carbons (Fsp3) is 0.200. The third-order valence-corrected chi connectivity index (χ3v) is 4.62. The van der Waals surface area contributed by atoms with Crippen molar-refractivity contribution in [1.29, 1.82) is 0 Å². The van der Waals surface area contributed by atoms with Crippen LogP contribution >= 0.6 is 0 Å². The minimum atomic E-state index is -0.643. The summed E-state index contributed by atoms with van der Waals surface area (Å²) in [5.41, 5.74) is 5.61. The number of hydrogen-bond acceptors (Lipinski definition) is 6. The van der Waals surface area contributed by atoms with Crippen molar-refractivity contribution in [3.63, 3.8) is 0 Å². The lowest BCUT2D eigenvalue weighted by atomic mass is 10.1. The van der Waals surface area contributed by atoms with E-state index in [0.717, 1.165) is 0 Å². The van der Waals surface area contributed by atoms with Gasteiger partial charge in [-0.25, -0.2) is 14.2 Å². The van der Waals surface area contributed by atoms with Gasteiger partial charge >= 0.3 is 0 Å². The Morgan fingerprint density at radius 3 is 2.43 bits per heavy atom. The molecule has 3 aromatic heterocycles. The smallest absolute Gasteiger partial charge is 0.267 e. The van der Waals surface area contributed by atoms with Crippen LogP contribution in [0.3, 0.4) is 0 Å². The van der Waals surface area contributed by atoms with Crippen LogP contribution in [-0.2, 0) is 0 Å². The Balaban J connectivity index is 1.65. The molecule has 0 spiro atoms. The van der Waals surface area contributed by atoms with Gasteiger partial charge in [0.05, 0.1) is 17.1 Å². The summed E-state index contributed by atoms with van der Waals surface area (Å²) in [7, 11) is 0. The highest BCUT2D eigenvalue weighted by Gasteiger charge is 2.21. The topological polar surface area (TPSA) is 123 Å². The maximum atomic E-state index is 12.8. The summed E-state index contributed by atoms with van der Waals surface area (Å²) < 4.78 is 2.73. The molecular formula is C20H19N7O3. The van der Waals surface area contributed by atoms with Gasteiger partial charge in [0.15, 0.2) is 11.3 Å². The summed E-state index contributed by atoms with van der Waals surface area (Å²) in [6, 6.07) is 8.18. The van der Waals surface area contributed by atoms with Crippen molar-refractivity contribution < 1.29 is 9.59 Å². The van der Waals surface area contributed by atoms with Crippen molar-refractivity contribution in [3.8, 4) is 0 Å². The SMILES string of the molecule is Cc1nn2cccnc2c1C(=O)NNC(=O)c1nn(C(C)C)c(=O)c2ccccc12. The van der Waals surface area contributed by atoms with Crippen molar-refractivity contribution in [1.82, 2.24) is 35.2 Å². The number of carbonyl (C=O) groups is 2. The van der Waals surface area contributed by atoms with Crippen molar-refractivity contribution in [2.75, 3.05) is 0 Å². The zero-order chi connectivity index (χ0) is 21.4. The standard InChI is InChI=1S/C20H19N7O3/c1-11(2)27-20(30)14-8-5-4-7-13(14)16(25-27)19(29)23-22-18(28)15-12(3)24-26-10-6-9-21-17(15)26/h4-11H,1-3H3,(H,22,28)(H,23,29).